The van der Waals surface area contributed by atoms with Crippen molar-refractivity contribution in [3.8, 4) is 0 Å². The third kappa shape index (κ3) is 9.80. The van der Waals surface area contributed by atoms with E-state index < -0.39 is 33.2 Å². The van der Waals surface area contributed by atoms with E-state index in [4.69, 9.17) is 11.6 Å². The lowest BCUT2D eigenvalue weighted by atomic mass is 10.00. The second kappa shape index (κ2) is 14.1. The van der Waals surface area contributed by atoms with Crippen LogP contribution in [-0.4, -0.2) is 49.5 Å². The van der Waals surface area contributed by atoms with Gasteiger partial charge in [-0.3, -0.25) is 13.9 Å². The molecule has 0 aliphatic rings. The number of hydrogen-bond donors (Lipinski definition) is 1. The van der Waals surface area contributed by atoms with Crippen LogP contribution in [0, 0.1) is 11.6 Å². The SMILES string of the molecule is CC(C)(C)NC(=O)[C@@H](Cc1ccccc1)N(Cc1ccc(Cl)cc1)C(=O)CCCN(c1ccc(F)c(F)c1)S(C)(=O)=O. The van der Waals surface area contributed by atoms with E-state index in [1.165, 1.54) is 11.0 Å². The van der Waals surface area contributed by atoms with Gasteiger partial charge in [-0.1, -0.05) is 54.1 Å². The number of nitrogens with one attached hydrogen (secondary N) is 1. The van der Waals surface area contributed by atoms with E-state index >= 15 is 0 Å². The largest absolute Gasteiger partial charge is 0.350 e. The summed E-state index contributed by atoms with van der Waals surface area (Å²) in [5.41, 5.74) is 1.02. The lowest BCUT2D eigenvalue weighted by molar-refractivity contribution is -0.142. The summed E-state index contributed by atoms with van der Waals surface area (Å²) in [5.74, 6) is -2.97. The Bertz CT molecular complexity index is 1480. The van der Waals surface area contributed by atoms with Crippen molar-refractivity contribution >= 4 is 39.1 Å². The third-order valence-corrected chi connectivity index (χ3v) is 7.82. The van der Waals surface area contributed by atoms with Crippen LogP contribution in [0.1, 0.15) is 44.7 Å². The molecule has 0 spiro atoms. The Labute approximate surface area is 251 Å². The van der Waals surface area contributed by atoms with Crippen molar-refractivity contribution in [2.24, 2.45) is 0 Å². The van der Waals surface area contributed by atoms with Gasteiger partial charge >= 0.3 is 0 Å². The van der Waals surface area contributed by atoms with Gasteiger partial charge in [-0.15, -0.1) is 0 Å². The molecule has 11 heteroatoms. The summed E-state index contributed by atoms with van der Waals surface area (Å²) < 4.78 is 53.3. The number of carbonyl (C=O) groups excluding carboxylic acids is 2. The minimum Gasteiger partial charge on any atom is -0.350 e. The van der Waals surface area contributed by atoms with Gasteiger partial charge in [-0.25, -0.2) is 17.2 Å². The first kappa shape index (κ1) is 33.0. The van der Waals surface area contributed by atoms with Crippen molar-refractivity contribution in [2.45, 2.75) is 58.2 Å². The van der Waals surface area contributed by atoms with Gasteiger partial charge < -0.3 is 10.2 Å². The van der Waals surface area contributed by atoms with Gasteiger partial charge in [0.25, 0.3) is 0 Å². The summed E-state index contributed by atoms with van der Waals surface area (Å²) in [6.45, 7) is 5.53. The van der Waals surface area contributed by atoms with E-state index in [9.17, 15) is 26.8 Å². The normalized spacial score (nSPS) is 12.5. The molecule has 226 valence electrons. The molecule has 42 heavy (non-hydrogen) atoms. The average Bonchev–Trinajstić information content (AvgIpc) is 2.90. The molecule has 3 aromatic rings. The van der Waals surface area contributed by atoms with Crippen LogP contribution in [0.4, 0.5) is 14.5 Å². The number of halogens is 3. The molecular weight excluding hydrogens is 584 g/mol. The van der Waals surface area contributed by atoms with Crippen LogP contribution >= 0.6 is 11.6 Å². The minimum atomic E-state index is -3.87. The van der Waals surface area contributed by atoms with Crippen molar-refractivity contribution < 1.29 is 26.8 Å². The van der Waals surface area contributed by atoms with Gasteiger partial charge in [0.15, 0.2) is 11.6 Å². The van der Waals surface area contributed by atoms with Crippen LogP contribution < -0.4 is 9.62 Å². The Hall–Kier alpha value is -3.50. The highest BCUT2D eigenvalue weighted by atomic mass is 35.5. The molecule has 0 aliphatic carbocycles. The van der Waals surface area contributed by atoms with Gasteiger partial charge in [0.2, 0.25) is 21.8 Å². The third-order valence-electron chi connectivity index (χ3n) is 6.38. The maximum atomic E-state index is 13.9. The number of benzene rings is 3. The number of anilines is 1. The van der Waals surface area contributed by atoms with Gasteiger partial charge in [0.1, 0.15) is 6.04 Å². The molecule has 0 aliphatic heterocycles. The Morgan fingerprint density at radius 3 is 2.14 bits per heavy atom. The summed E-state index contributed by atoms with van der Waals surface area (Å²) in [7, 11) is -3.87. The van der Waals surface area contributed by atoms with E-state index in [2.05, 4.69) is 5.32 Å². The number of amides is 2. The van der Waals surface area contributed by atoms with Gasteiger partial charge in [-0.05, 0) is 62.6 Å². The van der Waals surface area contributed by atoms with E-state index in [1.54, 1.807) is 24.3 Å². The lowest BCUT2D eigenvalue weighted by Crippen LogP contribution is -2.54. The number of nitrogens with zero attached hydrogens (tertiary/aromatic N) is 2. The zero-order chi connectivity index (χ0) is 31.1. The Balaban J connectivity index is 1.90. The molecule has 3 aromatic carbocycles. The predicted octanol–water partition coefficient (Wildman–Crippen LogP) is 5.72. The summed E-state index contributed by atoms with van der Waals surface area (Å²) in [6, 6.07) is 18.3. The fourth-order valence-corrected chi connectivity index (χ4v) is 5.52. The maximum Gasteiger partial charge on any atom is 0.243 e. The molecule has 0 bridgehead atoms. The molecule has 3 rings (SSSR count). The van der Waals surface area contributed by atoms with Crippen molar-refractivity contribution in [1.29, 1.82) is 0 Å². The summed E-state index contributed by atoms with van der Waals surface area (Å²) in [4.78, 5) is 29.0. The molecule has 0 unspecified atom stereocenters. The van der Waals surface area contributed by atoms with Crippen molar-refractivity contribution in [3.05, 3.63) is 101 Å². The van der Waals surface area contributed by atoms with Gasteiger partial charge in [0.05, 0.1) is 11.9 Å². The Kier molecular flexibility index (Phi) is 11.1. The van der Waals surface area contributed by atoms with Crippen LogP contribution in [0.25, 0.3) is 0 Å². The van der Waals surface area contributed by atoms with Crippen LogP contribution in [0.5, 0.6) is 0 Å². The zero-order valence-electron chi connectivity index (χ0n) is 24.1. The molecule has 0 radical (unpaired) electrons. The zero-order valence-corrected chi connectivity index (χ0v) is 25.7. The summed E-state index contributed by atoms with van der Waals surface area (Å²) in [5, 5.41) is 3.52. The Morgan fingerprint density at radius 2 is 1.57 bits per heavy atom. The van der Waals surface area contributed by atoms with Crippen LogP contribution in [0.15, 0.2) is 72.8 Å². The fraction of sp³-hybridized carbons (Fsp3) is 0.355. The first-order chi connectivity index (χ1) is 19.6. The first-order valence-corrected chi connectivity index (χ1v) is 15.7. The van der Waals surface area contributed by atoms with E-state index in [0.717, 1.165) is 33.8 Å². The summed E-state index contributed by atoms with van der Waals surface area (Å²) in [6.07, 6.45) is 1.18. The van der Waals surface area contributed by atoms with Crippen molar-refractivity contribution in [1.82, 2.24) is 10.2 Å². The standard InChI is InChI=1S/C31H36ClF2N3O4S/c1-31(2,3)35-30(39)28(19-22-9-6-5-7-10-22)36(21-23-12-14-24(32)15-13-23)29(38)11-8-18-37(42(4,40)41)25-16-17-26(33)27(34)20-25/h5-7,9-10,12-17,20,28H,8,11,18-19,21H2,1-4H3,(H,35,39)/t28-/m1/s1. The summed E-state index contributed by atoms with van der Waals surface area (Å²) >= 11 is 6.06. The molecule has 0 fully saturated rings. The fourth-order valence-electron chi connectivity index (χ4n) is 4.44. The molecule has 1 atom stereocenters. The van der Waals surface area contributed by atoms with Crippen molar-refractivity contribution in [2.75, 3.05) is 17.1 Å². The molecule has 7 nitrogen and oxygen atoms in total. The molecule has 0 saturated carbocycles. The number of hydrogen-bond acceptors (Lipinski definition) is 4. The quantitative estimate of drug-likeness (QED) is 0.281. The molecular formula is C31H36ClF2N3O4S. The Morgan fingerprint density at radius 1 is 0.929 bits per heavy atom. The maximum absolute atomic E-state index is 13.9. The van der Waals surface area contributed by atoms with Crippen LogP contribution in [-0.2, 0) is 32.6 Å². The molecule has 0 saturated heterocycles. The van der Waals surface area contributed by atoms with E-state index in [1.807, 2.05) is 51.1 Å². The number of sulfonamides is 1. The number of carbonyl (C=O) groups is 2. The number of rotatable bonds is 12. The van der Waals surface area contributed by atoms with Gasteiger partial charge in [0, 0.05) is 42.6 Å². The van der Waals surface area contributed by atoms with E-state index in [-0.39, 0.29) is 49.9 Å². The average molecular weight is 620 g/mol. The highest BCUT2D eigenvalue weighted by Gasteiger charge is 2.32. The lowest BCUT2D eigenvalue weighted by Gasteiger charge is -2.34. The monoisotopic (exact) mass is 619 g/mol. The van der Waals surface area contributed by atoms with E-state index in [0.29, 0.717) is 5.02 Å². The second-order valence-corrected chi connectivity index (χ2v) is 13.5. The highest BCUT2D eigenvalue weighted by Crippen LogP contribution is 2.23. The minimum absolute atomic E-state index is 0.0478. The molecule has 2 amide bonds. The van der Waals surface area contributed by atoms with Crippen LogP contribution in [0.2, 0.25) is 5.02 Å². The van der Waals surface area contributed by atoms with Gasteiger partial charge in [-0.2, -0.15) is 0 Å². The van der Waals surface area contributed by atoms with Crippen molar-refractivity contribution in [3.63, 3.8) is 0 Å². The topological polar surface area (TPSA) is 86.8 Å². The smallest absolute Gasteiger partial charge is 0.243 e. The predicted molar refractivity (Wildman–Crippen MR) is 162 cm³/mol. The molecule has 1 N–H and O–H groups in total. The first-order valence-electron chi connectivity index (χ1n) is 13.5. The second-order valence-electron chi connectivity index (χ2n) is 11.1. The highest BCUT2D eigenvalue weighted by molar-refractivity contribution is 7.92. The molecule has 0 heterocycles. The van der Waals surface area contributed by atoms with Crippen LogP contribution in [0.3, 0.4) is 0 Å². The molecule has 0 aromatic heterocycles.